The standard InChI is InChI=1S/C13H28N2O/c1-5-12(3)15(8-9-16-4)13-6-7-14-11(2)10-13/h11-14H,5-10H2,1-4H3. The summed E-state index contributed by atoms with van der Waals surface area (Å²) in [5, 5.41) is 3.52. The van der Waals surface area contributed by atoms with Crippen LogP contribution in [0.4, 0.5) is 0 Å². The van der Waals surface area contributed by atoms with Gasteiger partial charge in [-0.2, -0.15) is 0 Å². The maximum Gasteiger partial charge on any atom is 0.0589 e. The maximum absolute atomic E-state index is 5.23. The minimum absolute atomic E-state index is 0.660. The van der Waals surface area contributed by atoms with Crippen molar-refractivity contribution in [3.8, 4) is 0 Å². The Kier molecular flexibility index (Phi) is 6.32. The van der Waals surface area contributed by atoms with Crippen LogP contribution in [0.15, 0.2) is 0 Å². The zero-order chi connectivity index (χ0) is 12.0. The highest BCUT2D eigenvalue weighted by molar-refractivity contribution is 4.84. The fourth-order valence-corrected chi connectivity index (χ4v) is 2.60. The highest BCUT2D eigenvalue weighted by Gasteiger charge is 2.26. The van der Waals surface area contributed by atoms with E-state index in [9.17, 15) is 0 Å². The third-order valence-electron chi connectivity index (χ3n) is 3.78. The van der Waals surface area contributed by atoms with Crippen LogP contribution < -0.4 is 5.32 Å². The summed E-state index contributed by atoms with van der Waals surface area (Å²) in [6.45, 7) is 9.98. The fraction of sp³-hybridized carbons (Fsp3) is 1.00. The monoisotopic (exact) mass is 228 g/mol. The first-order valence-electron chi connectivity index (χ1n) is 6.67. The molecule has 1 rings (SSSR count). The highest BCUT2D eigenvalue weighted by atomic mass is 16.5. The number of nitrogens with one attached hydrogen (secondary N) is 1. The molecule has 0 aromatic rings. The molecule has 1 heterocycles. The molecule has 1 aliphatic heterocycles. The molecule has 96 valence electrons. The average molecular weight is 228 g/mol. The van der Waals surface area contributed by atoms with Crippen molar-refractivity contribution in [1.82, 2.24) is 10.2 Å². The average Bonchev–Trinajstić information content (AvgIpc) is 2.29. The van der Waals surface area contributed by atoms with Crippen LogP contribution in [0.1, 0.15) is 40.0 Å². The number of ether oxygens (including phenoxy) is 1. The van der Waals surface area contributed by atoms with Crippen molar-refractivity contribution in [3.05, 3.63) is 0 Å². The molecule has 0 amide bonds. The first kappa shape index (κ1) is 13.9. The Labute approximate surface area is 101 Å². The summed E-state index contributed by atoms with van der Waals surface area (Å²) >= 11 is 0. The van der Waals surface area contributed by atoms with E-state index in [-0.39, 0.29) is 0 Å². The highest BCUT2D eigenvalue weighted by Crippen LogP contribution is 2.19. The van der Waals surface area contributed by atoms with Crippen molar-refractivity contribution in [2.45, 2.75) is 58.2 Å². The first-order chi connectivity index (χ1) is 7.69. The van der Waals surface area contributed by atoms with Crippen molar-refractivity contribution in [2.24, 2.45) is 0 Å². The van der Waals surface area contributed by atoms with E-state index in [2.05, 4.69) is 31.0 Å². The summed E-state index contributed by atoms with van der Waals surface area (Å²) in [6, 6.07) is 2.07. The molecule has 0 aliphatic carbocycles. The molecule has 0 bridgehead atoms. The number of methoxy groups -OCH3 is 1. The van der Waals surface area contributed by atoms with Crippen molar-refractivity contribution in [1.29, 1.82) is 0 Å². The Morgan fingerprint density at radius 3 is 2.81 bits per heavy atom. The van der Waals surface area contributed by atoms with E-state index < -0.39 is 0 Å². The summed E-state index contributed by atoms with van der Waals surface area (Å²) in [6.07, 6.45) is 3.77. The van der Waals surface area contributed by atoms with Gasteiger partial charge in [0.25, 0.3) is 0 Å². The van der Waals surface area contributed by atoms with E-state index >= 15 is 0 Å². The van der Waals surface area contributed by atoms with E-state index in [4.69, 9.17) is 4.74 Å². The molecule has 0 radical (unpaired) electrons. The van der Waals surface area contributed by atoms with Gasteiger partial charge in [-0.05, 0) is 39.7 Å². The smallest absolute Gasteiger partial charge is 0.0589 e. The summed E-state index contributed by atoms with van der Waals surface area (Å²) < 4.78 is 5.23. The Hall–Kier alpha value is -0.120. The predicted octanol–water partition coefficient (Wildman–Crippen LogP) is 1.87. The lowest BCUT2D eigenvalue weighted by molar-refractivity contribution is 0.0675. The summed E-state index contributed by atoms with van der Waals surface area (Å²) in [5.41, 5.74) is 0. The SMILES string of the molecule is CCC(C)N(CCOC)C1CCNC(C)C1. The normalized spacial score (nSPS) is 28.3. The lowest BCUT2D eigenvalue weighted by Crippen LogP contribution is -2.50. The molecular formula is C13H28N2O. The molecule has 3 unspecified atom stereocenters. The van der Waals surface area contributed by atoms with Crippen LogP contribution in [-0.2, 0) is 4.74 Å². The third kappa shape index (κ3) is 4.04. The van der Waals surface area contributed by atoms with Gasteiger partial charge in [-0.3, -0.25) is 4.90 Å². The molecule has 0 spiro atoms. The van der Waals surface area contributed by atoms with Gasteiger partial charge >= 0.3 is 0 Å². The third-order valence-corrected chi connectivity index (χ3v) is 3.78. The van der Waals surface area contributed by atoms with Gasteiger partial charge in [0, 0.05) is 31.8 Å². The topological polar surface area (TPSA) is 24.5 Å². The summed E-state index contributed by atoms with van der Waals surface area (Å²) in [4.78, 5) is 2.64. The van der Waals surface area contributed by atoms with Crippen LogP contribution in [0.2, 0.25) is 0 Å². The number of nitrogens with zero attached hydrogens (tertiary/aromatic N) is 1. The molecule has 1 aliphatic rings. The molecule has 3 heteroatoms. The number of hydrogen-bond acceptors (Lipinski definition) is 3. The van der Waals surface area contributed by atoms with E-state index in [1.807, 2.05) is 0 Å². The van der Waals surface area contributed by atoms with Gasteiger partial charge < -0.3 is 10.1 Å². The van der Waals surface area contributed by atoms with Crippen LogP contribution in [0.3, 0.4) is 0 Å². The quantitative estimate of drug-likeness (QED) is 0.751. The molecule has 0 aromatic heterocycles. The van der Waals surface area contributed by atoms with Gasteiger partial charge in [0.05, 0.1) is 6.61 Å². The lowest BCUT2D eigenvalue weighted by Gasteiger charge is -2.40. The molecule has 3 atom stereocenters. The number of rotatable bonds is 6. The van der Waals surface area contributed by atoms with Crippen molar-refractivity contribution in [2.75, 3.05) is 26.8 Å². The molecule has 0 aromatic carbocycles. The van der Waals surface area contributed by atoms with Gasteiger partial charge in [0.1, 0.15) is 0 Å². The second-order valence-corrected chi connectivity index (χ2v) is 5.02. The summed E-state index contributed by atoms with van der Waals surface area (Å²) in [7, 11) is 1.79. The Morgan fingerprint density at radius 1 is 1.50 bits per heavy atom. The van der Waals surface area contributed by atoms with Crippen LogP contribution in [0, 0.1) is 0 Å². The Balaban J connectivity index is 2.52. The molecule has 3 nitrogen and oxygen atoms in total. The fourth-order valence-electron chi connectivity index (χ4n) is 2.60. The zero-order valence-corrected chi connectivity index (χ0v) is 11.3. The molecule has 0 saturated carbocycles. The number of piperidine rings is 1. The van der Waals surface area contributed by atoms with Gasteiger partial charge in [0.15, 0.2) is 0 Å². The lowest BCUT2D eigenvalue weighted by atomic mass is 9.97. The molecule has 1 saturated heterocycles. The maximum atomic E-state index is 5.23. The van der Waals surface area contributed by atoms with Gasteiger partial charge in [0.2, 0.25) is 0 Å². The molecule has 1 N–H and O–H groups in total. The van der Waals surface area contributed by atoms with Crippen molar-refractivity contribution in [3.63, 3.8) is 0 Å². The van der Waals surface area contributed by atoms with Gasteiger partial charge in [-0.1, -0.05) is 6.92 Å². The minimum atomic E-state index is 0.660. The second-order valence-electron chi connectivity index (χ2n) is 5.02. The molecule has 16 heavy (non-hydrogen) atoms. The van der Waals surface area contributed by atoms with Gasteiger partial charge in [-0.25, -0.2) is 0 Å². The second kappa shape index (κ2) is 7.25. The zero-order valence-electron chi connectivity index (χ0n) is 11.3. The van der Waals surface area contributed by atoms with Crippen molar-refractivity contribution < 1.29 is 4.74 Å². The van der Waals surface area contributed by atoms with Crippen LogP contribution in [-0.4, -0.2) is 49.8 Å². The van der Waals surface area contributed by atoms with Crippen LogP contribution >= 0.6 is 0 Å². The first-order valence-corrected chi connectivity index (χ1v) is 6.67. The van der Waals surface area contributed by atoms with E-state index in [1.54, 1.807) is 7.11 Å². The Bertz CT molecular complexity index is 187. The van der Waals surface area contributed by atoms with Crippen LogP contribution in [0.5, 0.6) is 0 Å². The van der Waals surface area contributed by atoms with Crippen molar-refractivity contribution >= 4 is 0 Å². The minimum Gasteiger partial charge on any atom is -0.383 e. The number of hydrogen-bond donors (Lipinski definition) is 1. The van der Waals surface area contributed by atoms with Crippen LogP contribution in [0.25, 0.3) is 0 Å². The largest absolute Gasteiger partial charge is 0.383 e. The predicted molar refractivity (Wildman–Crippen MR) is 68.8 cm³/mol. The molecule has 1 fully saturated rings. The summed E-state index contributed by atoms with van der Waals surface area (Å²) in [5.74, 6) is 0. The molecular weight excluding hydrogens is 200 g/mol. The van der Waals surface area contributed by atoms with E-state index in [0.29, 0.717) is 12.1 Å². The Morgan fingerprint density at radius 2 is 2.25 bits per heavy atom. The van der Waals surface area contributed by atoms with E-state index in [0.717, 1.165) is 25.7 Å². The van der Waals surface area contributed by atoms with Gasteiger partial charge in [-0.15, -0.1) is 0 Å². The van der Waals surface area contributed by atoms with E-state index in [1.165, 1.54) is 19.3 Å².